The van der Waals surface area contributed by atoms with Crippen LogP contribution in [0.15, 0.2) is 67.3 Å². The van der Waals surface area contributed by atoms with Gasteiger partial charge in [0.05, 0.1) is 18.5 Å². The fourth-order valence-electron chi connectivity index (χ4n) is 3.61. The average Bonchev–Trinajstić information content (AvgIpc) is 3.19. The van der Waals surface area contributed by atoms with Crippen LogP contribution in [-0.2, 0) is 21.4 Å². The Morgan fingerprint density at radius 2 is 1.93 bits per heavy atom. The highest BCUT2D eigenvalue weighted by atomic mass is 35.5. The molecular weight excluding hydrogens is 400 g/mol. The number of ether oxygens (including phenoxy) is 1. The molecule has 1 aromatic carbocycles. The summed E-state index contributed by atoms with van der Waals surface area (Å²) >= 11 is 6.02. The SMILES string of the molecule is CCOC(=O)C(C)(Cc1cccnc1)c1ccnc2c(-c3ccc(Cl)cc3)cnn12. The Bertz CT molecular complexity index is 1180. The zero-order valence-corrected chi connectivity index (χ0v) is 17.5. The molecule has 0 bridgehead atoms. The normalized spacial score (nSPS) is 13.2. The Balaban J connectivity index is 1.85. The number of fused-ring (bicyclic) bond motifs is 1. The molecule has 0 saturated carbocycles. The highest BCUT2D eigenvalue weighted by Crippen LogP contribution is 2.32. The smallest absolute Gasteiger partial charge is 0.318 e. The van der Waals surface area contributed by atoms with E-state index in [9.17, 15) is 4.79 Å². The Labute approximate surface area is 179 Å². The van der Waals surface area contributed by atoms with Crippen molar-refractivity contribution in [1.29, 1.82) is 0 Å². The van der Waals surface area contributed by atoms with Gasteiger partial charge in [0.25, 0.3) is 0 Å². The van der Waals surface area contributed by atoms with Crippen molar-refractivity contribution in [3.05, 3.63) is 83.5 Å². The molecule has 0 aliphatic rings. The summed E-state index contributed by atoms with van der Waals surface area (Å²) in [7, 11) is 0. The summed E-state index contributed by atoms with van der Waals surface area (Å²) in [6.07, 6.45) is 7.35. The number of pyridine rings is 1. The van der Waals surface area contributed by atoms with E-state index < -0.39 is 5.41 Å². The molecule has 0 fully saturated rings. The van der Waals surface area contributed by atoms with Gasteiger partial charge in [-0.1, -0.05) is 29.8 Å². The van der Waals surface area contributed by atoms with Gasteiger partial charge in [0, 0.05) is 29.2 Å². The van der Waals surface area contributed by atoms with Gasteiger partial charge in [0.2, 0.25) is 0 Å². The average molecular weight is 421 g/mol. The molecule has 7 heteroatoms. The summed E-state index contributed by atoms with van der Waals surface area (Å²) in [5.74, 6) is -0.315. The van der Waals surface area contributed by atoms with Crippen molar-refractivity contribution in [2.45, 2.75) is 25.7 Å². The molecule has 152 valence electrons. The van der Waals surface area contributed by atoms with E-state index in [-0.39, 0.29) is 5.97 Å². The molecule has 1 atom stereocenters. The van der Waals surface area contributed by atoms with E-state index in [0.717, 1.165) is 16.7 Å². The molecule has 1 unspecified atom stereocenters. The third-order valence-electron chi connectivity index (χ3n) is 5.13. The number of carbonyl (C=O) groups excluding carboxylic acids is 1. The molecule has 0 aliphatic heterocycles. The Hall–Kier alpha value is -3.25. The van der Waals surface area contributed by atoms with Gasteiger partial charge in [-0.15, -0.1) is 0 Å². The third-order valence-corrected chi connectivity index (χ3v) is 5.38. The number of hydrogen-bond donors (Lipinski definition) is 0. The fourth-order valence-corrected chi connectivity index (χ4v) is 3.74. The van der Waals surface area contributed by atoms with E-state index in [0.29, 0.717) is 29.4 Å². The lowest BCUT2D eigenvalue weighted by molar-refractivity contribution is -0.149. The number of aromatic nitrogens is 4. The maximum Gasteiger partial charge on any atom is 0.318 e. The largest absolute Gasteiger partial charge is 0.465 e. The van der Waals surface area contributed by atoms with Crippen LogP contribution < -0.4 is 0 Å². The number of hydrogen-bond acceptors (Lipinski definition) is 5. The topological polar surface area (TPSA) is 69.4 Å². The molecule has 6 nitrogen and oxygen atoms in total. The van der Waals surface area contributed by atoms with E-state index in [2.05, 4.69) is 15.1 Å². The van der Waals surface area contributed by atoms with Crippen molar-refractivity contribution in [1.82, 2.24) is 19.6 Å². The molecule has 3 heterocycles. The van der Waals surface area contributed by atoms with Crippen LogP contribution in [0.25, 0.3) is 16.8 Å². The lowest BCUT2D eigenvalue weighted by Gasteiger charge is -2.28. The van der Waals surface area contributed by atoms with Gasteiger partial charge in [0.15, 0.2) is 5.65 Å². The Morgan fingerprint density at radius 3 is 2.63 bits per heavy atom. The molecule has 0 aliphatic carbocycles. The second-order valence-electron chi connectivity index (χ2n) is 7.22. The van der Waals surface area contributed by atoms with Crippen LogP contribution >= 0.6 is 11.6 Å². The first-order valence-electron chi connectivity index (χ1n) is 9.68. The van der Waals surface area contributed by atoms with Crippen LogP contribution in [0.2, 0.25) is 5.02 Å². The zero-order chi connectivity index (χ0) is 21.1. The molecule has 0 N–H and O–H groups in total. The number of halogens is 1. The summed E-state index contributed by atoms with van der Waals surface area (Å²) < 4.78 is 7.17. The molecule has 0 radical (unpaired) electrons. The second kappa shape index (κ2) is 8.24. The van der Waals surface area contributed by atoms with Crippen molar-refractivity contribution < 1.29 is 9.53 Å². The molecule has 0 spiro atoms. The highest BCUT2D eigenvalue weighted by molar-refractivity contribution is 6.30. The minimum Gasteiger partial charge on any atom is -0.465 e. The standard InChI is InChI=1S/C23H21ClN4O2/c1-3-30-22(29)23(2,13-16-5-4-11-25-14-16)20-10-12-26-21-19(15-27-28(20)21)17-6-8-18(24)9-7-17/h4-12,14-15H,3,13H2,1-2H3. The van der Waals surface area contributed by atoms with Gasteiger partial charge in [-0.05, 0) is 55.7 Å². The van der Waals surface area contributed by atoms with Crippen LogP contribution in [0, 0.1) is 0 Å². The van der Waals surface area contributed by atoms with Crippen LogP contribution in [0.4, 0.5) is 0 Å². The van der Waals surface area contributed by atoms with E-state index in [1.54, 1.807) is 36.2 Å². The number of benzene rings is 1. The summed E-state index contributed by atoms with van der Waals surface area (Å²) in [5, 5.41) is 5.23. The molecule has 4 aromatic rings. The Morgan fingerprint density at radius 1 is 1.13 bits per heavy atom. The third kappa shape index (κ3) is 3.66. The van der Waals surface area contributed by atoms with Gasteiger partial charge in [0.1, 0.15) is 5.41 Å². The lowest BCUT2D eigenvalue weighted by Crippen LogP contribution is -2.38. The molecule has 0 amide bonds. The molecule has 3 aromatic heterocycles. The minimum atomic E-state index is -0.969. The maximum absolute atomic E-state index is 13.1. The second-order valence-corrected chi connectivity index (χ2v) is 7.66. The number of nitrogens with zero attached hydrogens (tertiary/aromatic N) is 4. The van der Waals surface area contributed by atoms with E-state index in [1.165, 1.54) is 0 Å². The first-order valence-corrected chi connectivity index (χ1v) is 10.1. The quantitative estimate of drug-likeness (QED) is 0.429. The van der Waals surface area contributed by atoms with E-state index in [1.807, 2.05) is 49.4 Å². The molecule has 30 heavy (non-hydrogen) atoms. The van der Waals surface area contributed by atoms with Crippen LogP contribution in [0.5, 0.6) is 0 Å². The van der Waals surface area contributed by atoms with Gasteiger partial charge in [-0.2, -0.15) is 5.10 Å². The van der Waals surface area contributed by atoms with Crippen LogP contribution in [0.3, 0.4) is 0 Å². The summed E-state index contributed by atoms with van der Waals surface area (Å²) in [4.78, 5) is 21.8. The predicted molar refractivity (Wildman–Crippen MR) is 115 cm³/mol. The zero-order valence-electron chi connectivity index (χ0n) is 16.7. The van der Waals surface area contributed by atoms with E-state index >= 15 is 0 Å². The van der Waals surface area contributed by atoms with Crippen LogP contribution in [-0.4, -0.2) is 32.2 Å². The number of rotatable bonds is 6. The summed E-state index contributed by atoms with van der Waals surface area (Å²) in [5.41, 5.74) is 3.14. The first kappa shape index (κ1) is 20.0. The number of esters is 1. The maximum atomic E-state index is 13.1. The van der Waals surface area contributed by atoms with Crippen LogP contribution in [0.1, 0.15) is 25.1 Å². The fraction of sp³-hybridized carbons (Fsp3) is 0.217. The van der Waals surface area contributed by atoms with Gasteiger partial charge < -0.3 is 4.74 Å². The highest BCUT2D eigenvalue weighted by Gasteiger charge is 2.40. The first-order chi connectivity index (χ1) is 14.5. The van der Waals surface area contributed by atoms with E-state index in [4.69, 9.17) is 16.3 Å². The number of carbonyl (C=O) groups is 1. The summed E-state index contributed by atoms with van der Waals surface area (Å²) in [6.45, 7) is 3.97. The molecule has 0 saturated heterocycles. The molecular formula is C23H21ClN4O2. The van der Waals surface area contributed by atoms with Crippen molar-refractivity contribution in [2.75, 3.05) is 6.61 Å². The van der Waals surface area contributed by atoms with Gasteiger partial charge >= 0.3 is 5.97 Å². The molecule has 4 rings (SSSR count). The Kier molecular flexibility index (Phi) is 5.50. The van der Waals surface area contributed by atoms with Gasteiger partial charge in [-0.3, -0.25) is 9.78 Å². The predicted octanol–water partition coefficient (Wildman–Crippen LogP) is 4.51. The van der Waals surface area contributed by atoms with Gasteiger partial charge in [-0.25, -0.2) is 9.50 Å². The van der Waals surface area contributed by atoms with Crippen molar-refractivity contribution >= 4 is 23.2 Å². The lowest BCUT2D eigenvalue weighted by atomic mass is 9.80. The van der Waals surface area contributed by atoms with Crippen molar-refractivity contribution in [3.8, 4) is 11.1 Å². The summed E-state index contributed by atoms with van der Waals surface area (Å²) in [6, 6.07) is 13.1. The van der Waals surface area contributed by atoms with Crippen molar-refractivity contribution in [3.63, 3.8) is 0 Å². The minimum absolute atomic E-state index is 0.296. The van der Waals surface area contributed by atoms with Crippen molar-refractivity contribution in [2.24, 2.45) is 0 Å². The monoisotopic (exact) mass is 420 g/mol.